The summed E-state index contributed by atoms with van der Waals surface area (Å²) in [5.74, 6) is -0.0903. The molecule has 0 aliphatic rings. The monoisotopic (exact) mass is 364 g/mol. The van der Waals surface area contributed by atoms with Crippen molar-refractivity contribution < 1.29 is 9.53 Å². The Morgan fingerprint density at radius 3 is 2.54 bits per heavy atom. The van der Waals surface area contributed by atoms with Crippen LogP contribution in [0, 0.1) is 5.92 Å². The normalized spacial score (nSPS) is 12.7. The summed E-state index contributed by atoms with van der Waals surface area (Å²) in [5.41, 5.74) is -0.260. The van der Waals surface area contributed by atoms with E-state index in [-0.39, 0.29) is 17.4 Å². The Balaban J connectivity index is 2.40. The molecule has 0 aliphatic heterocycles. The predicted octanol–water partition coefficient (Wildman–Crippen LogP) is 2.19. The largest absolute Gasteiger partial charge is 0.441 e. The second kappa shape index (κ2) is 8.33. The van der Waals surface area contributed by atoms with E-state index in [9.17, 15) is 14.4 Å². The molecule has 0 fully saturated rings. The highest BCUT2D eigenvalue weighted by Gasteiger charge is 2.21. The van der Waals surface area contributed by atoms with Crippen LogP contribution in [-0.2, 0) is 23.1 Å². The summed E-state index contributed by atoms with van der Waals surface area (Å²) in [7, 11) is 1.44. The first kappa shape index (κ1) is 19.9. The number of nitrogens with zero attached hydrogens (tertiary/aromatic N) is 4. The first-order chi connectivity index (χ1) is 12.3. The van der Waals surface area contributed by atoms with E-state index >= 15 is 0 Å². The first-order valence-electron chi connectivity index (χ1n) is 9.13. The van der Waals surface area contributed by atoms with Crippen LogP contribution in [0.2, 0.25) is 0 Å². The van der Waals surface area contributed by atoms with Crippen LogP contribution >= 0.6 is 0 Å². The summed E-state index contributed by atoms with van der Waals surface area (Å²) in [6.07, 6.45) is 3.90. The molecule has 0 N–H and O–H groups in total. The molecule has 1 unspecified atom stereocenters. The summed E-state index contributed by atoms with van der Waals surface area (Å²) in [6.45, 7) is 8.18. The number of esters is 1. The third-order valence-corrected chi connectivity index (χ3v) is 4.28. The van der Waals surface area contributed by atoms with Crippen molar-refractivity contribution in [2.24, 2.45) is 13.0 Å². The van der Waals surface area contributed by atoms with Gasteiger partial charge in [-0.3, -0.25) is 23.3 Å². The minimum Gasteiger partial charge on any atom is -0.441 e. The fourth-order valence-electron chi connectivity index (χ4n) is 2.90. The molecule has 0 radical (unpaired) electrons. The van der Waals surface area contributed by atoms with Crippen molar-refractivity contribution in [2.45, 2.75) is 66.2 Å². The molecule has 0 aromatic carbocycles. The molecule has 8 heteroatoms. The lowest BCUT2D eigenvalue weighted by molar-refractivity contribution is -0.152. The summed E-state index contributed by atoms with van der Waals surface area (Å²) in [6, 6.07) is 0. The van der Waals surface area contributed by atoms with E-state index in [4.69, 9.17) is 4.74 Å². The molecule has 0 spiro atoms. The number of aromatic nitrogens is 4. The summed E-state index contributed by atoms with van der Waals surface area (Å²) in [4.78, 5) is 41.3. The smallest absolute Gasteiger partial charge is 0.332 e. The molecule has 0 saturated heterocycles. The van der Waals surface area contributed by atoms with Crippen molar-refractivity contribution in [1.82, 2.24) is 18.7 Å². The van der Waals surface area contributed by atoms with Gasteiger partial charge in [0.15, 0.2) is 17.4 Å². The fraction of sp³-hybridized carbons (Fsp3) is 0.667. The molecule has 8 nitrogen and oxygen atoms in total. The van der Waals surface area contributed by atoms with E-state index in [2.05, 4.69) is 11.9 Å². The third kappa shape index (κ3) is 4.05. The van der Waals surface area contributed by atoms with Gasteiger partial charge >= 0.3 is 11.7 Å². The zero-order valence-corrected chi connectivity index (χ0v) is 16.2. The van der Waals surface area contributed by atoms with Gasteiger partial charge in [0.25, 0.3) is 5.56 Å². The van der Waals surface area contributed by atoms with E-state index in [0.29, 0.717) is 18.6 Å². The zero-order valence-electron chi connectivity index (χ0n) is 16.2. The van der Waals surface area contributed by atoms with Crippen LogP contribution in [0.4, 0.5) is 0 Å². The molecule has 0 amide bonds. The Morgan fingerprint density at radius 2 is 1.92 bits per heavy atom. The average molecular weight is 364 g/mol. The first-order valence-corrected chi connectivity index (χ1v) is 9.13. The van der Waals surface area contributed by atoms with Crippen molar-refractivity contribution in [3.63, 3.8) is 0 Å². The standard InChI is InChI=1S/C18H28N4O4/c1-6-7-8-9-14(23)26-13(4)22-11-19-16-15(22)17(24)20(5)18(25)21(16)10-12(2)3/h11-13H,6-10H2,1-5H3. The van der Waals surface area contributed by atoms with Crippen LogP contribution in [0.3, 0.4) is 0 Å². The number of rotatable bonds is 8. The molecule has 144 valence electrons. The van der Waals surface area contributed by atoms with Gasteiger partial charge in [-0.1, -0.05) is 33.6 Å². The summed E-state index contributed by atoms with van der Waals surface area (Å²) < 4.78 is 9.53. The number of carbonyl (C=O) groups excluding carboxylic acids is 1. The molecule has 0 aliphatic carbocycles. The number of fused-ring (bicyclic) bond motifs is 1. The third-order valence-electron chi connectivity index (χ3n) is 4.28. The Morgan fingerprint density at radius 1 is 1.23 bits per heavy atom. The number of ether oxygens (including phenoxy) is 1. The predicted molar refractivity (Wildman–Crippen MR) is 99.0 cm³/mol. The molecule has 0 saturated carbocycles. The van der Waals surface area contributed by atoms with Gasteiger partial charge in [-0.25, -0.2) is 9.78 Å². The highest BCUT2D eigenvalue weighted by molar-refractivity contribution is 5.71. The minimum absolute atomic E-state index is 0.215. The summed E-state index contributed by atoms with van der Waals surface area (Å²) >= 11 is 0. The molecule has 2 heterocycles. The van der Waals surface area contributed by atoms with Gasteiger partial charge in [0.1, 0.15) is 6.33 Å². The summed E-state index contributed by atoms with van der Waals surface area (Å²) in [5, 5.41) is 0. The molecular formula is C18H28N4O4. The van der Waals surface area contributed by atoms with Crippen molar-refractivity contribution in [3.8, 4) is 0 Å². The molecular weight excluding hydrogens is 336 g/mol. The Bertz CT molecular complexity index is 891. The van der Waals surface area contributed by atoms with Crippen molar-refractivity contribution in [1.29, 1.82) is 0 Å². The van der Waals surface area contributed by atoms with E-state index in [0.717, 1.165) is 23.8 Å². The van der Waals surface area contributed by atoms with E-state index < -0.39 is 17.5 Å². The maximum absolute atomic E-state index is 12.6. The number of hydrogen-bond acceptors (Lipinski definition) is 5. The maximum Gasteiger partial charge on any atom is 0.332 e. The van der Waals surface area contributed by atoms with Gasteiger partial charge in [0.2, 0.25) is 0 Å². The fourth-order valence-corrected chi connectivity index (χ4v) is 2.90. The minimum atomic E-state index is -0.674. The lowest BCUT2D eigenvalue weighted by Gasteiger charge is -2.16. The van der Waals surface area contributed by atoms with E-state index in [1.165, 1.54) is 22.5 Å². The molecule has 2 rings (SSSR count). The lowest BCUT2D eigenvalue weighted by Crippen LogP contribution is -2.39. The van der Waals surface area contributed by atoms with Crippen LogP contribution < -0.4 is 11.2 Å². The van der Waals surface area contributed by atoms with Crippen LogP contribution in [0.1, 0.15) is 59.6 Å². The van der Waals surface area contributed by atoms with Crippen LogP contribution in [0.15, 0.2) is 15.9 Å². The topological polar surface area (TPSA) is 88.1 Å². The lowest BCUT2D eigenvalue weighted by atomic mass is 10.2. The van der Waals surface area contributed by atoms with E-state index in [1.54, 1.807) is 6.92 Å². The number of hydrogen-bond donors (Lipinski definition) is 0. The van der Waals surface area contributed by atoms with Gasteiger partial charge in [-0.05, 0) is 19.3 Å². The maximum atomic E-state index is 12.6. The van der Waals surface area contributed by atoms with Gasteiger partial charge < -0.3 is 4.74 Å². The number of imidazole rings is 1. The second-order valence-corrected chi connectivity index (χ2v) is 7.02. The molecule has 1 atom stereocenters. The van der Waals surface area contributed by atoms with Gasteiger partial charge in [0.05, 0.1) is 0 Å². The number of carbonyl (C=O) groups is 1. The second-order valence-electron chi connectivity index (χ2n) is 7.02. The quantitative estimate of drug-likeness (QED) is 0.529. The SMILES string of the molecule is CCCCCC(=O)OC(C)n1cnc2c1c(=O)n(C)c(=O)n2CC(C)C. The van der Waals surface area contributed by atoms with Gasteiger partial charge in [-0.2, -0.15) is 0 Å². The average Bonchev–Trinajstić information content (AvgIpc) is 3.02. The molecule has 26 heavy (non-hydrogen) atoms. The van der Waals surface area contributed by atoms with Crippen molar-refractivity contribution in [3.05, 3.63) is 27.2 Å². The highest BCUT2D eigenvalue weighted by Crippen LogP contribution is 2.16. The Labute approximate surface area is 152 Å². The van der Waals surface area contributed by atoms with Crippen LogP contribution in [0.25, 0.3) is 11.2 Å². The van der Waals surface area contributed by atoms with Gasteiger partial charge in [0, 0.05) is 20.0 Å². The van der Waals surface area contributed by atoms with Gasteiger partial charge in [-0.15, -0.1) is 0 Å². The Kier molecular flexibility index (Phi) is 6.39. The molecule has 2 aromatic rings. The van der Waals surface area contributed by atoms with E-state index in [1.807, 2.05) is 13.8 Å². The van der Waals surface area contributed by atoms with Crippen LogP contribution in [-0.4, -0.2) is 24.7 Å². The number of unbranched alkanes of at least 4 members (excludes halogenated alkanes) is 2. The molecule has 0 bridgehead atoms. The Hall–Kier alpha value is -2.38. The molecule has 2 aromatic heterocycles. The van der Waals surface area contributed by atoms with Crippen molar-refractivity contribution in [2.75, 3.05) is 0 Å². The van der Waals surface area contributed by atoms with Crippen molar-refractivity contribution >= 4 is 17.1 Å². The zero-order chi connectivity index (χ0) is 19.4. The highest BCUT2D eigenvalue weighted by atomic mass is 16.6. The van der Waals surface area contributed by atoms with Crippen LogP contribution in [0.5, 0.6) is 0 Å².